The van der Waals surface area contributed by atoms with Crippen LogP contribution in [0, 0.1) is 0 Å². The SMILES string of the molecule is COc1cccc2c1CC(CC(C)O)N2C(C)C. The first kappa shape index (κ1) is 13.2. The van der Waals surface area contributed by atoms with Crippen LogP contribution in [0.5, 0.6) is 5.75 Å². The van der Waals surface area contributed by atoms with Crippen molar-refractivity contribution in [2.75, 3.05) is 12.0 Å². The molecular weight excluding hydrogens is 226 g/mol. The molecule has 0 radical (unpaired) electrons. The minimum Gasteiger partial charge on any atom is -0.496 e. The van der Waals surface area contributed by atoms with Crippen molar-refractivity contribution < 1.29 is 9.84 Å². The van der Waals surface area contributed by atoms with E-state index >= 15 is 0 Å². The Hall–Kier alpha value is -1.22. The molecule has 0 aromatic heterocycles. The van der Waals surface area contributed by atoms with Crippen LogP contribution in [0.1, 0.15) is 32.8 Å². The van der Waals surface area contributed by atoms with Crippen LogP contribution in [0.2, 0.25) is 0 Å². The van der Waals surface area contributed by atoms with Gasteiger partial charge in [0, 0.05) is 23.3 Å². The van der Waals surface area contributed by atoms with Gasteiger partial charge in [-0.1, -0.05) is 6.07 Å². The van der Waals surface area contributed by atoms with Gasteiger partial charge in [-0.25, -0.2) is 0 Å². The fraction of sp³-hybridized carbons (Fsp3) is 0.600. The van der Waals surface area contributed by atoms with Gasteiger partial charge in [0.05, 0.1) is 13.2 Å². The Morgan fingerprint density at radius 1 is 1.39 bits per heavy atom. The highest BCUT2D eigenvalue weighted by Crippen LogP contribution is 2.40. The monoisotopic (exact) mass is 249 g/mol. The number of hydrogen-bond donors (Lipinski definition) is 1. The van der Waals surface area contributed by atoms with Gasteiger partial charge >= 0.3 is 0 Å². The maximum Gasteiger partial charge on any atom is 0.124 e. The molecule has 1 heterocycles. The van der Waals surface area contributed by atoms with E-state index in [9.17, 15) is 5.11 Å². The molecule has 1 aliphatic rings. The molecule has 0 aliphatic carbocycles. The summed E-state index contributed by atoms with van der Waals surface area (Å²) < 4.78 is 5.45. The summed E-state index contributed by atoms with van der Waals surface area (Å²) in [5, 5.41) is 9.66. The lowest BCUT2D eigenvalue weighted by Crippen LogP contribution is -2.39. The number of anilines is 1. The standard InChI is InChI=1S/C15H23NO2/c1-10(2)16-12(8-11(3)17)9-13-14(16)6-5-7-15(13)18-4/h5-7,10-12,17H,8-9H2,1-4H3. The van der Waals surface area contributed by atoms with Gasteiger partial charge in [-0.15, -0.1) is 0 Å². The van der Waals surface area contributed by atoms with Gasteiger partial charge in [0.15, 0.2) is 0 Å². The maximum absolute atomic E-state index is 9.66. The van der Waals surface area contributed by atoms with E-state index in [-0.39, 0.29) is 6.10 Å². The Bertz CT molecular complexity index is 415. The third-order valence-corrected chi connectivity index (χ3v) is 3.61. The maximum atomic E-state index is 9.66. The minimum absolute atomic E-state index is 0.267. The van der Waals surface area contributed by atoms with Crippen molar-refractivity contribution >= 4 is 5.69 Å². The van der Waals surface area contributed by atoms with E-state index in [0.29, 0.717) is 12.1 Å². The molecule has 1 aromatic rings. The van der Waals surface area contributed by atoms with E-state index < -0.39 is 0 Å². The van der Waals surface area contributed by atoms with Crippen molar-refractivity contribution in [3.63, 3.8) is 0 Å². The lowest BCUT2D eigenvalue weighted by Gasteiger charge is -2.32. The highest BCUT2D eigenvalue weighted by atomic mass is 16.5. The van der Waals surface area contributed by atoms with Gasteiger partial charge in [-0.05, 0) is 45.7 Å². The number of hydrogen-bond acceptors (Lipinski definition) is 3. The van der Waals surface area contributed by atoms with Crippen molar-refractivity contribution in [1.82, 2.24) is 0 Å². The van der Waals surface area contributed by atoms with Crippen molar-refractivity contribution in [2.24, 2.45) is 0 Å². The minimum atomic E-state index is -0.267. The second-order valence-electron chi connectivity index (χ2n) is 5.40. The first-order chi connectivity index (χ1) is 8.54. The molecule has 18 heavy (non-hydrogen) atoms. The van der Waals surface area contributed by atoms with Crippen LogP contribution < -0.4 is 9.64 Å². The highest BCUT2D eigenvalue weighted by molar-refractivity contribution is 5.65. The molecule has 0 fully saturated rings. The second-order valence-corrected chi connectivity index (χ2v) is 5.40. The van der Waals surface area contributed by atoms with E-state index in [2.05, 4.69) is 24.8 Å². The summed E-state index contributed by atoms with van der Waals surface area (Å²) in [6, 6.07) is 7.01. The number of methoxy groups -OCH3 is 1. The van der Waals surface area contributed by atoms with E-state index in [1.165, 1.54) is 11.3 Å². The summed E-state index contributed by atoms with van der Waals surface area (Å²) >= 11 is 0. The van der Waals surface area contributed by atoms with Crippen LogP contribution >= 0.6 is 0 Å². The van der Waals surface area contributed by atoms with E-state index in [4.69, 9.17) is 4.74 Å². The quantitative estimate of drug-likeness (QED) is 0.890. The topological polar surface area (TPSA) is 32.7 Å². The predicted octanol–water partition coefficient (Wildman–Crippen LogP) is 2.61. The fourth-order valence-electron chi connectivity index (χ4n) is 3.01. The van der Waals surface area contributed by atoms with Gasteiger partial charge in [-0.2, -0.15) is 0 Å². The third-order valence-electron chi connectivity index (χ3n) is 3.61. The number of aliphatic hydroxyl groups excluding tert-OH is 1. The molecule has 1 aliphatic heterocycles. The smallest absolute Gasteiger partial charge is 0.124 e. The van der Waals surface area contributed by atoms with Gasteiger partial charge in [0.25, 0.3) is 0 Å². The van der Waals surface area contributed by atoms with Crippen molar-refractivity contribution in [2.45, 2.75) is 51.8 Å². The molecule has 2 rings (SSSR count). The highest BCUT2D eigenvalue weighted by Gasteiger charge is 2.33. The van der Waals surface area contributed by atoms with Gasteiger partial charge in [0.1, 0.15) is 5.75 Å². The van der Waals surface area contributed by atoms with Crippen molar-refractivity contribution in [3.8, 4) is 5.75 Å². The number of nitrogens with zero attached hydrogens (tertiary/aromatic N) is 1. The molecular formula is C15H23NO2. The zero-order valence-corrected chi connectivity index (χ0v) is 11.7. The zero-order chi connectivity index (χ0) is 13.3. The van der Waals surface area contributed by atoms with Gasteiger partial charge in [0.2, 0.25) is 0 Å². The van der Waals surface area contributed by atoms with Crippen molar-refractivity contribution in [3.05, 3.63) is 23.8 Å². The third kappa shape index (κ3) is 2.32. The van der Waals surface area contributed by atoms with Gasteiger partial charge < -0.3 is 14.7 Å². The zero-order valence-electron chi connectivity index (χ0n) is 11.7. The summed E-state index contributed by atoms with van der Waals surface area (Å²) in [6.45, 7) is 6.26. The number of rotatable bonds is 4. The van der Waals surface area contributed by atoms with Crippen LogP contribution in [0.4, 0.5) is 5.69 Å². The molecule has 0 bridgehead atoms. The molecule has 3 nitrogen and oxygen atoms in total. The average Bonchev–Trinajstić information content (AvgIpc) is 2.65. The average molecular weight is 249 g/mol. The fourth-order valence-corrected chi connectivity index (χ4v) is 3.01. The summed E-state index contributed by atoms with van der Waals surface area (Å²) in [5.74, 6) is 0.964. The summed E-state index contributed by atoms with van der Waals surface area (Å²) in [5.41, 5.74) is 2.54. The molecule has 100 valence electrons. The van der Waals surface area contributed by atoms with Crippen LogP contribution in [0.3, 0.4) is 0 Å². The summed E-state index contributed by atoms with van der Waals surface area (Å²) in [6.07, 6.45) is 1.50. The number of fused-ring (bicyclic) bond motifs is 1. The van der Waals surface area contributed by atoms with E-state index in [1.807, 2.05) is 19.1 Å². The number of aliphatic hydroxyl groups is 1. The number of ether oxygens (including phenoxy) is 1. The van der Waals surface area contributed by atoms with Crippen LogP contribution in [0.25, 0.3) is 0 Å². The molecule has 3 heteroatoms. The Morgan fingerprint density at radius 2 is 2.11 bits per heavy atom. The number of benzene rings is 1. The largest absolute Gasteiger partial charge is 0.496 e. The lowest BCUT2D eigenvalue weighted by atomic mass is 10.0. The summed E-state index contributed by atoms with van der Waals surface area (Å²) in [4.78, 5) is 2.41. The molecule has 2 unspecified atom stereocenters. The van der Waals surface area contributed by atoms with Crippen LogP contribution in [-0.2, 0) is 6.42 Å². The second kappa shape index (κ2) is 5.19. The Labute approximate surface area is 109 Å². The van der Waals surface area contributed by atoms with Crippen LogP contribution in [0.15, 0.2) is 18.2 Å². The summed E-state index contributed by atoms with van der Waals surface area (Å²) in [7, 11) is 1.72. The first-order valence-electron chi connectivity index (χ1n) is 6.66. The Morgan fingerprint density at radius 3 is 2.67 bits per heavy atom. The molecule has 0 spiro atoms. The molecule has 0 amide bonds. The first-order valence-corrected chi connectivity index (χ1v) is 6.66. The van der Waals surface area contributed by atoms with Crippen molar-refractivity contribution in [1.29, 1.82) is 0 Å². The normalized spacial score (nSPS) is 20.1. The molecule has 2 atom stereocenters. The van der Waals surface area contributed by atoms with E-state index in [1.54, 1.807) is 7.11 Å². The van der Waals surface area contributed by atoms with Crippen LogP contribution in [-0.4, -0.2) is 30.4 Å². The molecule has 1 N–H and O–H groups in total. The molecule has 0 saturated carbocycles. The van der Waals surface area contributed by atoms with E-state index in [0.717, 1.165) is 18.6 Å². The molecule has 1 aromatic carbocycles. The lowest BCUT2D eigenvalue weighted by molar-refractivity contribution is 0.173. The van der Waals surface area contributed by atoms with Gasteiger partial charge in [-0.3, -0.25) is 0 Å². The Kier molecular flexibility index (Phi) is 3.81. The predicted molar refractivity (Wildman–Crippen MR) is 74.4 cm³/mol. The Balaban J connectivity index is 2.36. The molecule has 0 saturated heterocycles.